The van der Waals surface area contributed by atoms with Crippen LogP contribution in [0.25, 0.3) is 0 Å². The number of aliphatic hydroxyl groups excluding tert-OH is 1. The Morgan fingerprint density at radius 3 is 2.94 bits per heavy atom. The number of hydrogen-bond acceptors (Lipinski definition) is 2. The molecule has 2 nitrogen and oxygen atoms in total. The Bertz CT molecular complexity index is 396. The van der Waals surface area contributed by atoms with Gasteiger partial charge in [0.15, 0.2) is 5.78 Å². The Morgan fingerprint density at radius 1 is 1.44 bits per heavy atom. The van der Waals surface area contributed by atoms with Crippen LogP contribution in [0.2, 0.25) is 0 Å². The van der Waals surface area contributed by atoms with Crippen LogP contribution in [0, 0.1) is 5.92 Å². The van der Waals surface area contributed by atoms with Gasteiger partial charge in [0, 0.05) is 11.5 Å². The van der Waals surface area contributed by atoms with Crippen LogP contribution in [0.5, 0.6) is 0 Å². The van der Waals surface area contributed by atoms with Gasteiger partial charge in [-0.25, -0.2) is 0 Å². The van der Waals surface area contributed by atoms with Crippen molar-refractivity contribution in [3.05, 3.63) is 34.9 Å². The molecule has 1 unspecified atom stereocenters. The van der Waals surface area contributed by atoms with Crippen molar-refractivity contribution in [2.24, 2.45) is 5.92 Å². The number of ketones is 1. The maximum absolute atomic E-state index is 12.1. The zero-order valence-electron chi connectivity index (χ0n) is 9.70. The molecule has 1 aromatic carbocycles. The van der Waals surface area contributed by atoms with Crippen LogP contribution < -0.4 is 0 Å². The third kappa shape index (κ3) is 1.90. The smallest absolute Gasteiger partial charge is 0.166 e. The largest absolute Gasteiger partial charge is 0.392 e. The lowest BCUT2D eigenvalue weighted by atomic mass is 9.98. The number of fused-ring (bicyclic) bond motifs is 1. The van der Waals surface area contributed by atoms with Gasteiger partial charge in [-0.15, -0.1) is 0 Å². The summed E-state index contributed by atoms with van der Waals surface area (Å²) in [7, 11) is 0. The summed E-state index contributed by atoms with van der Waals surface area (Å²) in [5.74, 6) is 0.432. The maximum Gasteiger partial charge on any atom is 0.166 e. The topological polar surface area (TPSA) is 37.3 Å². The zero-order valence-corrected chi connectivity index (χ0v) is 9.70. The average molecular weight is 218 g/mol. The van der Waals surface area contributed by atoms with Crippen LogP contribution in [0.3, 0.4) is 0 Å². The van der Waals surface area contributed by atoms with E-state index in [1.165, 1.54) is 0 Å². The Balaban J connectivity index is 2.23. The predicted molar refractivity (Wildman–Crippen MR) is 63.4 cm³/mol. The second-order valence-corrected chi connectivity index (χ2v) is 4.51. The van der Waals surface area contributed by atoms with Crippen molar-refractivity contribution in [2.75, 3.05) is 0 Å². The molecule has 0 spiro atoms. The summed E-state index contributed by atoms with van der Waals surface area (Å²) in [6, 6.07) is 5.67. The molecule has 0 amide bonds. The number of benzene rings is 1. The van der Waals surface area contributed by atoms with Crippen molar-refractivity contribution in [3.8, 4) is 0 Å². The van der Waals surface area contributed by atoms with Crippen molar-refractivity contribution < 1.29 is 9.90 Å². The van der Waals surface area contributed by atoms with Gasteiger partial charge in [0.05, 0.1) is 6.61 Å². The highest BCUT2D eigenvalue weighted by molar-refractivity contribution is 6.02. The molecule has 1 aromatic rings. The molecule has 0 bridgehead atoms. The molecular formula is C14H18O2. The van der Waals surface area contributed by atoms with Crippen LogP contribution in [0.1, 0.15) is 47.7 Å². The van der Waals surface area contributed by atoms with E-state index in [1.807, 2.05) is 18.2 Å². The van der Waals surface area contributed by atoms with Crippen molar-refractivity contribution in [1.82, 2.24) is 0 Å². The van der Waals surface area contributed by atoms with Crippen LogP contribution in [-0.4, -0.2) is 10.9 Å². The lowest BCUT2D eigenvalue weighted by Crippen LogP contribution is -2.08. The number of Topliss-reactive ketones (excluding diaryl/α,β-unsaturated/α-hetero) is 1. The van der Waals surface area contributed by atoms with Gasteiger partial charge in [-0.2, -0.15) is 0 Å². The third-order valence-corrected chi connectivity index (χ3v) is 3.44. The van der Waals surface area contributed by atoms with E-state index in [0.29, 0.717) is 0 Å². The van der Waals surface area contributed by atoms with E-state index in [2.05, 4.69) is 6.92 Å². The van der Waals surface area contributed by atoms with E-state index in [1.54, 1.807) is 0 Å². The highest BCUT2D eigenvalue weighted by Crippen LogP contribution is 2.32. The minimum atomic E-state index is 0.0386. The van der Waals surface area contributed by atoms with E-state index < -0.39 is 0 Å². The fourth-order valence-electron chi connectivity index (χ4n) is 2.50. The summed E-state index contributed by atoms with van der Waals surface area (Å²) in [6.45, 7) is 2.18. The van der Waals surface area contributed by atoms with E-state index in [0.717, 1.165) is 42.4 Å². The number of unbranched alkanes of at least 4 members (excludes halogenated alkanes) is 1. The van der Waals surface area contributed by atoms with E-state index in [4.69, 9.17) is 0 Å². The summed E-state index contributed by atoms with van der Waals surface area (Å²) >= 11 is 0. The van der Waals surface area contributed by atoms with Gasteiger partial charge >= 0.3 is 0 Å². The minimum Gasteiger partial charge on any atom is -0.392 e. The van der Waals surface area contributed by atoms with Crippen LogP contribution in [0.15, 0.2) is 18.2 Å². The summed E-state index contributed by atoms with van der Waals surface area (Å²) in [5.41, 5.74) is 2.84. The van der Waals surface area contributed by atoms with Crippen molar-refractivity contribution >= 4 is 5.78 Å². The molecule has 1 atom stereocenters. The van der Waals surface area contributed by atoms with Gasteiger partial charge in [-0.05, 0) is 24.0 Å². The van der Waals surface area contributed by atoms with Crippen LogP contribution in [0.4, 0.5) is 0 Å². The van der Waals surface area contributed by atoms with Gasteiger partial charge in [0.2, 0.25) is 0 Å². The van der Waals surface area contributed by atoms with Crippen LogP contribution in [-0.2, 0) is 13.0 Å². The summed E-state index contributed by atoms with van der Waals surface area (Å²) in [4.78, 5) is 12.1. The zero-order chi connectivity index (χ0) is 11.5. The average Bonchev–Trinajstić information content (AvgIpc) is 2.64. The second kappa shape index (κ2) is 4.79. The van der Waals surface area contributed by atoms with E-state index in [9.17, 15) is 9.90 Å². The molecule has 16 heavy (non-hydrogen) atoms. The first-order valence-electron chi connectivity index (χ1n) is 6.03. The normalized spacial score (nSPS) is 18.9. The summed E-state index contributed by atoms with van der Waals surface area (Å²) in [5, 5.41) is 9.24. The number of rotatable bonds is 4. The third-order valence-electron chi connectivity index (χ3n) is 3.44. The van der Waals surface area contributed by atoms with Crippen LogP contribution >= 0.6 is 0 Å². The van der Waals surface area contributed by atoms with Gasteiger partial charge in [0.25, 0.3) is 0 Å². The number of hydrogen-bond donors (Lipinski definition) is 1. The fourth-order valence-corrected chi connectivity index (χ4v) is 2.50. The highest BCUT2D eigenvalue weighted by Gasteiger charge is 2.30. The molecule has 1 aliphatic carbocycles. The minimum absolute atomic E-state index is 0.0386. The molecule has 86 valence electrons. The molecule has 0 fully saturated rings. The molecule has 0 aliphatic heterocycles. The predicted octanol–water partition coefficient (Wildman–Crippen LogP) is 2.72. The molecule has 1 N–H and O–H groups in total. The van der Waals surface area contributed by atoms with Gasteiger partial charge in [0.1, 0.15) is 0 Å². The summed E-state index contributed by atoms with van der Waals surface area (Å²) < 4.78 is 0. The van der Waals surface area contributed by atoms with Gasteiger partial charge in [-0.1, -0.05) is 38.0 Å². The quantitative estimate of drug-likeness (QED) is 0.843. The number of aliphatic hydroxyl groups is 1. The molecule has 2 rings (SSSR count). The molecule has 0 heterocycles. The lowest BCUT2D eigenvalue weighted by molar-refractivity contribution is 0.0929. The molecular weight excluding hydrogens is 200 g/mol. The van der Waals surface area contributed by atoms with Crippen molar-refractivity contribution in [1.29, 1.82) is 0 Å². The first kappa shape index (κ1) is 11.3. The molecule has 2 heteroatoms. The number of carbonyl (C=O) groups excluding carboxylic acids is 1. The van der Waals surface area contributed by atoms with Gasteiger partial charge in [-0.3, -0.25) is 4.79 Å². The second-order valence-electron chi connectivity index (χ2n) is 4.51. The first-order chi connectivity index (χ1) is 7.77. The number of carbonyl (C=O) groups is 1. The SMILES string of the molecule is CCCCC1Cc2c(CO)cccc2C1=O. The molecule has 0 aromatic heterocycles. The first-order valence-corrected chi connectivity index (χ1v) is 6.03. The monoisotopic (exact) mass is 218 g/mol. The standard InChI is InChI=1S/C14H18O2/c1-2-3-5-10-8-13-11(9-15)6-4-7-12(13)14(10)16/h4,6-7,10,15H,2-3,5,8-9H2,1H3. The summed E-state index contributed by atoms with van der Waals surface area (Å²) in [6.07, 6.45) is 4.05. The molecule has 0 saturated carbocycles. The van der Waals surface area contributed by atoms with Crippen molar-refractivity contribution in [2.45, 2.75) is 39.2 Å². The maximum atomic E-state index is 12.1. The lowest BCUT2D eigenvalue weighted by Gasteiger charge is -2.05. The molecule has 0 radical (unpaired) electrons. The Hall–Kier alpha value is -1.15. The van der Waals surface area contributed by atoms with E-state index >= 15 is 0 Å². The molecule has 0 saturated heterocycles. The van der Waals surface area contributed by atoms with E-state index in [-0.39, 0.29) is 18.3 Å². The van der Waals surface area contributed by atoms with Gasteiger partial charge < -0.3 is 5.11 Å². The molecule has 1 aliphatic rings. The Labute approximate surface area is 96.3 Å². The Kier molecular flexibility index (Phi) is 3.39. The Morgan fingerprint density at radius 2 is 2.25 bits per heavy atom. The fraction of sp³-hybridized carbons (Fsp3) is 0.500. The van der Waals surface area contributed by atoms with Crippen molar-refractivity contribution in [3.63, 3.8) is 0 Å². The highest BCUT2D eigenvalue weighted by atomic mass is 16.3.